The van der Waals surface area contributed by atoms with Gasteiger partial charge in [-0.3, -0.25) is 4.79 Å². The first kappa shape index (κ1) is 19.5. The van der Waals surface area contributed by atoms with Gasteiger partial charge in [-0.05, 0) is 60.8 Å². The summed E-state index contributed by atoms with van der Waals surface area (Å²) in [5.74, 6) is -0.176. The zero-order valence-corrected chi connectivity index (χ0v) is 18.1. The molecular weight excluding hydrogens is 428 g/mol. The molecule has 0 N–H and O–H groups in total. The lowest BCUT2D eigenvalue weighted by Gasteiger charge is -2.11. The molecule has 0 saturated heterocycles. The van der Waals surface area contributed by atoms with Crippen LogP contribution in [0.3, 0.4) is 0 Å². The normalized spacial score (nSPS) is 15.0. The Bertz CT molecular complexity index is 1310. The van der Waals surface area contributed by atoms with Gasteiger partial charge in [-0.15, -0.1) is 11.3 Å². The lowest BCUT2D eigenvalue weighted by molar-refractivity contribution is -0.114. The maximum absolute atomic E-state index is 13.2. The van der Waals surface area contributed by atoms with Crippen molar-refractivity contribution >= 4 is 46.3 Å². The zero-order valence-electron chi connectivity index (χ0n) is 16.6. The number of nitrogens with zero attached hydrogens (tertiary/aromatic N) is 4. The Hall–Kier alpha value is -3.48. The van der Waals surface area contributed by atoms with Crippen molar-refractivity contribution in [3.05, 3.63) is 94.5 Å². The van der Waals surface area contributed by atoms with E-state index in [4.69, 9.17) is 16.7 Å². The second-order valence-electron chi connectivity index (χ2n) is 7.03. The Balaban J connectivity index is 1.57. The molecule has 4 aromatic rings. The number of carbonyl (C=O) groups is 1. The van der Waals surface area contributed by atoms with Crippen LogP contribution >= 0.6 is 22.9 Å². The number of halogens is 1. The molecule has 7 heteroatoms. The third-order valence-corrected chi connectivity index (χ3v) is 6.08. The lowest BCUT2D eigenvalue weighted by Crippen LogP contribution is -2.21. The molecule has 152 valence electrons. The highest BCUT2D eigenvalue weighted by molar-refractivity contribution is 7.13. The summed E-state index contributed by atoms with van der Waals surface area (Å²) in [6.45, 7) is 1.84. The Kier molecular flexibility index (Phi) is 5.02. The van der Waals surface area contributed by atoms with Crippen molar-refractivity contribution in [3.8, 4) is 16.3 Å². The molecule has 31 heavy (non-hydrogen) atoms. The molecule has 1 aliphatic rings. The van der Waals surface area contributed by atoms with Crippen LogP contribution in [-0.4, -0.2) is 21.4 Å². The van der Waals surface area contributed by atoms with Crippen LogP contribution in [-0.2, 0) is 4.79 Å². The van der Waals surface area contributed by atoms with E-state index in [1.54, 1.807) is 35.6 Å². The van der Waals surface area contributed by atoms with Crippen molar-refractivity contribution < 1.29 is 4.79 Å². The number of hydrogen-bond donors (Lipinski definition) is 0. The quantitative estimate of drug-likeness (QED) is 0.359. The molecule has 0 saturated carbocycles. The molecule has 0 radical (unpaired) electrons. The molecule has 0 spiro atoms. The molecular formula is C24H17ClN4OS. The SMILES string of the molecule is CC1=NN(c2ccc(Cl)cc2)C(=O)/C1=C\c1cn(-c2ccccc2)nc1-c1cccs1. The summed E-state index contributed by atoms with van der Waals surface area (Å²) in [7, 11) is 0. The largest absolute Gasteiger partial charge is 0.280 e. The van der Waals surface area contributed by atoms with Gasteiger partial charge in [0, 0.05) is 16.8 Å². The van der Waals surface area contributed by atoms with Crippen molar-refractivity contribution in [1.82, 2.24) is 9.78 Å². The fourth-order valence-electron chi connectivity index (χ4n) is 3.41. The number of carbonyl (C=O) groups excluding carboxylic acids is 1. The maximum Gasteiger partial charge on any atom is 0.280 e. The van der Waals surface area contributed by atoms with Crippen LogP contribution in [0.1, 0.15) is 12.5 Å². The third-order valence-electron chi connectivity index (χ3n) is 4.95. The van der Waals surface area contributed by atoms with Crippen molar-refractivity contribution in [3.63, 3.8) is 0 Å². The Morgan fingerprint density at radius 3 is 2.45 bits per heavy atom. The molecule has 2 aromatic heterocycles. The van der Waals surface area contributed by atoms with Crippen molar-refractivity contribution in [2.24, 2.45) is 5.10 Å². The van der Waals surface area contributed by atoms with Gasteiger partial charge in [0.15, 0.2) is 0 Å². The summed E-state index contributed by atoms with van der Waals surface area (Å²) in [5, 5.41) is 13.3. The highest BCUT2D eigenvalue weighted by atomic mass is 35.5. The molecule has 0 atom stereocenters. The van der Waals surface area contributed by atoms with E-state index in [9.17, 15) is 4.79 Å². The van der Waals surface area contributed by atoms with Crippen molar-refractivity contribution in [1.29, 1.82) is 0 Å². The average Bonchev–Trinajstić information content (AvgIpc) is 3.51. The van der Waals surface area contributed by atoms with E-state index in [0.29, 0.717) is 22.0 Å². The van der Waals surface area contributed by atoms with Crippen molar-refractivity contribution in [2.75, 3.05) is 5.01 Å². The topological polar surface area (TPSA) is 50.5 Å². The summed E-state index contributed by atoms with van der Waals surface area (Å²) in [4.78, 5) is 14.2. The number of thiophene rings is 1. The van der Waals surface area contributed by atoms with Gasteiger partial charge in [-0.1, -0.05) is 35.9 Å². The van der Waals surface area contributed by atoms with Crippen molar-refractivity contribution in [2.45, 2.75) is 6.92 Å². The van der Waals surface area contributed by atoms with E-state index < -0.39 is 0 Å². The first-order valence-electron chi connectivity index (χ1n) is 9.66. The third kappa shape index (κ3) is 3.71. The molecule has 0 unspecified atom stereocenters. The number of rotatable bonds is 4. The molecule has 3 heterocycles. The first-order chi connectivity index (χ1) is 15.1. The number of anilines is 1. The standard InChI is InChI=1S/C24H17ClN4OS/c1-16-21(24(30)29(26-16)20-11-9-18(25)10-12-20)14-17-15-28(19-6-3-2-4-7-19)27-23(17)22-8-5-13-31-22/h2-15H,1H3/b21-14-. The second kappa shape index (κ2) is 7.98. The molecule has 2 aromatic carbocycles. The maximum atomic E-state index is 13.2. The van der Waals surface area contributed by atoms with E-state index >= 15 is 0 Å². The number of aromatic nitrogens is 2. The Labute approximate surface area is 188 Å². The monoisotopic (exact) mass is 444 g/mol. The number of para-hydroxylation sites is 1. The summed E-state index contributed by atoms with van der Waals surface area (Å²) in [5.41, 5.74) is 4.52. The predicted molar refractivity (Wildman–Crippen MR) is 127 cm³/mol. The smallest absolute Gasteiger partial charge is 0.267 e. The van der Waals surface area contributed by atoms with E-state index in [0.717, 1.165) is 21.8 Å². The van der Waals surface area contributed by atoms with Crippen LogP contribution in [0, 0.1) is 0 Å². The van der Waals surface area contributed by atoms with E-state index in [-0.39, 0.29) is 5.91 Å². The molecule has 1 amide bonds. The molecule has 5 rings (SSSR count). The summed E-state index contributed by atoms with van der Waals surface area (Å²) in [6, 6.07) is 21.0. The average molecular weight is 445 g/mol. The van der Waals surface area contributed by atoms with Gasteiger partial charge in [0.25, 0.3) is 5.91 Å². The van der Waals surface area contributed by atoms with Gasteiger partial charge < -0.3 is 0 Å². The van der Waals surface area contributed by atoms with E-state index in [1.165, 1.54) is 5.01 Å². The predicted octanol–water partition coefficient (Wildman–Crippen LogP) is 6.06. The number of benzene rings is 2. The van der Waals surface area contributed by atoms with Crippen LogP contribution in [0.2, 0.25) is 5.02 Å². The molecule has 1 aliphatic heterocycles. The Morgan fingerprint density at radius 1 is 0.968 bits per heavy atom. The molecule has 5 nitrogen and oxygen atoms in total. The minimum atomic E-state index is -0.176. The molecule has 0 fully saturated rings. The van der Waals surface area contributed by atoms with E-state index in [1.807, 2.05) is 71.7 Å². The second-order valence-corrected chi connectivity index (χ2v) is 8.41. The van der Waals surface area contributed by atoms with Crippen LogP contribution in [0.25, 0.3) is 22.3 Å². The van der Waals surface area contributed by atoms with Gasteiger partial charge in [0.05, 0.1) is 27.5 Å². The highest BCUT2D eigenvalue weighted by Crippen LogP contribution is 2.31. The van der Waals surface area contributed by atoms with Gasteiger partial charge in [0.1, 0.15) is 5.69 Å². The first-order valence-corrected chi connectivity index (χ1v) is 10.9. The van der Waals surface area contributed by atoms with Crippen LogP contribution in [0.5, 0.6) is 0 Å². The van der Waals surface area contributed by atoms with Gasteiger partial charge in [-0.2, -0.15) is 15.2 Å². The van der Waals surface area contributed by atoms with Gasteiger partial charge in [0.2, 0.25) is 0 Å². The Morgan fingerprint density at radius 2 is 1.74 bits per heavy atom. The van der Waals surface area contributed by atoms with Crippen LogP contribution in [0.15, 0.2) is 89.0 Å². The molecule has 0 aliphatic carbocycles. The minimum absolute atomic E-state index is 0.176. The molecule has 0 bridgehead atoms. The zero-order chi connectivity index (χ0) is 21.4. The summed E-state index contributed by atoms with van der Waals surface area (Å²) >= 11 is 7.59. The number of hydrogen-bond acceptors (Lipinski definition) is 4. The fraction of sp³-hybridized carbons (Fsp3) is 0.0417. The van der Waals surface area contributed by atoms with Gasteiger partial charge >= 0.3 is 0 Å². The number of amides is 1. The highest BCUT2D eigenvalue weighted by Gasteiger charge is 2.29. The minimum Gasteiger partial charge on any atom is -0.267 e. The van der Waals surface area contributed by atoms with E-state index in [2.05, 4.69) is 5.10 Å². The van der Waals surface area contributed by atoms with Crippen LogP contribution < -0.4 is 5.01 Å². The fourth-order valence-corrected chi connectivity index (χ4v) is 4.26. The lowest BCUT2D eigenvalue weighted by atomic mass is 10.1. The summed E-state index contributed by atoms with van der Waals surface area (Å²) < 4.78 is 1.84. The van der Waals surface area contributed by atoms with Crippen LogP contribution in [0.4, 0.5) is 5.69 Å². The summed E-state index contributed by atoms with van der Waals surface area (Å²) in [6.07, 6.45) is 3.82. The van der Waals surface area contributed by atoms with Gasteiger partial charge in [-0.25, -0.2) is 4.68 Å². The number of hydrazone groups is 1.